The van der Waals surface area contributed by atoms with Crippen molar-refractivity contribution < 1.29 is 14.6 Å². The first-order chi connectivity index (χ1) is 8.08. The number of carbonyl (C=O) groups is 1. The highest BCUT2D eigenvalue weighted by Crippen LogP contribution is 2.22. The molecule has 0 bridgehead atoms. The van der Waals surface area contributed by atoms with Crippen molar-refractivity contribution in [3.05, 3.63) is 28.2 Å². The number of amides is 1. The van der Waals surface area contributed by atoms with Gasteiger partial charge in [-0.2, -0.15) is 0 Å². The van der Waals surface area contributed by atoms with Gasteiger partial charge in [0.25, 0.3) is 5.91 Å². The standard InChI is InChI=1S/C12H16BrNO3/c1-8(7-15)6-14-12(16)10-5-9(17-2)3-4-11(10)13/h3-5,8,15H,6-7H2,1-2H3,(H,14,16). The molecule has 1 amide bonds. The molecule has 0 aliphatic rings. The highest BCUT2D eigenvalue weighted by atomic mass is 79.9. The summed E-state index contributed by atoms with van der Waals surface area (Å²) in [6.45, 7) is 2.36. The van der Waals surface area contributed by atoms with E-state index in [1.165, 1.54) is 0 Å². The topological polar surface area (TPSA) is 58.6 Å². The number of methoxy groups -OCH3 is 1. The van der Waals surface area contributed by atoms with Gasteiger partial charge in [0.15, 0.2) is 0 Å². The van der Waals surface area contributed by atoms with Crippen LogP contribution in [0.15, 0.2) is 22.7 Å². The van der Waals surface area contributed by atoms with Crippen LogP contribution < -0.4 is 10.1 Å². The van der Waals surface area contributed by atoms with Gasteiger partial charge in [0.2, 0.25) is 0 Å². The Bertz CT molecular complexity index is 395. The van der Waals surface area contributed by atoms with E-state index in [-0.39, 0.29) is 18.4 Å². The van der Waals surface area contributed by atoms with Crippen molar-refractivity contribution in [1.82, 2.24) is 5.32 Å². The van der Waals surface area contributed by atoms with Crippen molar-refractivity contribution in [3.8, 4) is 5.75 Å². The van der Waals surface area contributed by atoms with Crippen molar-refractivity contribution in [2.45, 2.75) is 6.92 Å². The van der Waals surface area contributed by atoms with Crippen molar-refractivity contribution >= 4 is 21.8 Å². The van der Waals surface area contributed by atoms with Gasteiger partial charge in [0.1, 0.15) is 5.75 Å². The van der Waals surface area contributed by atoms with Crippen LogP contribution in [0.25, 0.3) is 0 Å². The van der Waals surface area contributed by atoms with Crippen LogP contribution in [0.3, 0.4) is 0 Å². The molecule has 1 aromatic carbocycles. The zero-order valence-electron chi connectivity index (χ0n) is 9.87. The number of benzene rings is 1. The number of hydrogen-bond donors (Lipinski definition) is 2. The van der Waals surface area contributed by atoms with Crippen molar-refractivity contribution in [2.24, 2.45) is 5.92 Å². The zero-order valence-corrected chi connectivity index (χ0v) is 11.5. The van der Waals surface area contributed by atoms with Gasteiger partial charge in [0, 0.05) is 17.6 Å². The lowest BCUT2D eigenvalue weighted by molar-refractivity contribution is 0.0941. The average molecular weight is 302 g/mol. The van der Waals surface area contributed by atoms with Gasteiger partial charge in [-0.3, -0.25) is 4.79 Å². The average Bonchev–Trinajstić information content (AvgIpc) is 2.36. The third-order valence-corrected chi connectivity index (χ3v) is 3.03. The number of hydrogen-bond acceptors (Lipinski definition) is 3. The van der Waals surface area contributed by atoms with Crippen LogP contribution in [-0.2, 0) is 0 Å². The first-order valence-corrected chi connectivity index (χ1v) is 6.10. The Labute approximate surface area is 109 Å². The molecule has 0 heterocycles. The lowest BCUT2D eigenvalue weighted by atomic mass is 10.1. The molecule has 0 fully saturated rings. The summed E-state index contributed by atoms with van der Waals surface area (Å²) in [7, 11) is 1.55. The van der Waals surface area contributed by atoms with Crippen LogP contribution in [0.1, 0.15) is 17.3 Å². The number of aliphatic hydroxyl groups is 1. The van der Waals surface area contributed by atoms with Crippen molar-refractivity contribution in [3.63, 3.8) is 0 Å². The minimum atomic E-state index is -0.184. The van der Waals surface area contributed by atoms with E-state index < -0.39 is 0 Å². The fraction of sp³-hybridized carbons (Fsp3) is 0.417. The molecule has 1 aromatic rings. The summed E-state index contributed by atoms with van der Waals surface area (Å²) in [6, 6.07) is 5.21. The van der Waals surface area contributed by atoms with Gasteiger partial charge in [-0.1, -0.05) is 6.92 Å². The molecule has 1 rings (SSSR count). The second-order valence-electron chi connectivity index (χ2n) is 3.84. The van der Waals surface area contributed by atoms with E-state index in [2.05, 4.69) is 21.2 Å². The van der Waals surface area contributed by atoms with Gasteiger partial charge >= 0.3 is 0 Å². The quantitative estimate of drug-likeness (QED) is 0.872. The summed E-state index contributed by atoms with van der Waals surface area (Å²) in [4.78, 5) is 11.9. The monoisotopic (exact) mass is 301 g/mol. The maximum Gasteiger partial charge on any atom is 0.252 e. The van der Waals surface area contributed by atoms with Gasteiger partial charge in [-0.05, 0) is 40.0 Å². The molecule has 2 N–H and O–H groups in total. The Balaban J connectivity index is 2.74. The van der Waals surface area contributed by atoms with Crippen LogP contribution in [0.2, 0.25) is 0 Å². The number of ether oxygens (including phenoxy) is 1. The van der Waals surface area contributed by atoms with Crippen LogP contribution in [0.4, 0.5) is 0 Å². The minimum Gasteiger partial charge on any atom is -0.497 e. The van der Waals surface area contributed by atoms with Crippen molar-refractivity contribution in [2.75, 3.05) is 20.3 Å². The van der Waals surface area contributed by atoms with Gasteiger partial charge < -0.3 is 15.2 Å². The molecule has 0 saturated heterocycles. The Morgan fingerprint density at radius 2 is 2.29 bits per heavy atom. The minimum absolute atomic E-state index is 0.0448. The predicted octanol–water partition coefficient (Wildman–Crippen LogP) is 1.82. The molecule has 0 spiro atoms. The largest absolute Gasteiger partial charge is 0.497 e. The smallest absolute Gasteiger partial charge is 0.252 e. The molecule has 0 aliphatic carbocycles. The molecule has 0 radical (unpaired) electrons. The predicted molar refractivity (Wildman–Crippen MR) is 69.3 cm³/mol. The maximum atomic E-state index is 11.9. The molecule has 1 atom stereocenters. The maximum absolute atomic E-state index is 11.9. The lowest BCUT2D eigenvalue weighted by Gasteiger charge is -2.11. The third-order valence-electron chi connectivity index (χ3n) is 2.34. The second-order valence-corrected chi connectivity index (χ2v) is 4.70. The summed E-state index contributed by atoms with van der Waals surface area (Å²) in [5, 5.41) is 11.6. The molecule has 4 nitrogen and oxygen atoms in total. The second kappa shape index (κ2) is 6.61. The van der Waals surface area contributed by atoms with Gasteiger partial charge in [-0.25, -0.2) is 0 Å². The van der Waals surface area contributed by atoms with E-state index in [1.807, 2.05) is 6.92 Å². The summed E-state index contributed by atoms with van der Waals surface area (Å²) in [6.07, 6.45) is 0. The molecule has 0 aromatic heterocycles. The molecule has 0 saturated carbocycles. The van der Waals surface area contributed by atoms with E-state index in [9.17, 15) is 4.79 Å². The highest BCUT2D eigenvalue weighted by molar-refractivity contribution is 9.10. The van der Waals surface area contributed by atoms with E-state index in [0.717, 1.165) is 0 Å². The Hall–Kier alpha value is -1.07. The Kier molecular flexibility index (Phi) is 5.44. The van der Waals surface area contributed by atoms with E-state index in [4.69, 9.17) is 9.84 Å². The van der Waals surface area contributed by atoms with E-state index in [0.29, 0.717) is 22.3 Å². The lowest BCUT2D eigenvalue weighted by Crippen LogP contribution is -2.29. The molecule has 5 heteroatoms. The molecule has 17 heavy (non-hydrogen) atoms. The van der Waals surface area contributed by atoms with Crippen LogP contribution >= 0.6 is 15.9 Å². The van der Waals surface area contributed by atoms with Crippen LogP contribution in [0, 0.1) is 5.92 Å². The normalized spacial score (nSPS) is 12.0. The Morgan fingerprint density at radius 1 is 1.59 bits per heavy atom. The summed E-state index contributed by atoms with van der Waals surface area (Å²) < 4.78 is 5.78. The SMILES string of the molecule is COc1ccc(Br)c(C(=O)NCC(C)CO)c1. The van der Waals surface area contributed by atoms with Crippen LogP contribution in [-0.4, -0.2) is 31.3 Å². The number of aliphatic hydroxyl groups excluding tert-OH is 1. The first kappa shape index (κ1) is 14.0. The van der Waals surface area contributed by atoms with Gasteiger partial charge in [0.05, 0.1) is 12.7 Å². The fourth-order valence-corrected chi connectivity index (χ4v) is 1.66. The van der Waals surface area contributed by atoms with Crippen molar-refractivity contribution in [1.29, 1.82) is 0 Å². The number of nitrogens with one attached hydrogen (secondary N) is 1. The summed E-state index contributed by atoms with van der Waals surface area (Å²) in [5.74, 6) is 0.493. The number of halogens is 1. The molecule has 0 aliphatic heterocycles. The number of carbonyl (C=O) groups excluding carboxylic acids is 1. The van der Waals surface area contributed by atoms with Crippen LogP contribution in [0.5, 0.6) is 5.75 Å². The van der Waals surface area contributed by atoms with E-state index >= 15 is 0 Å². The molecule has 94 valence electrons. The van der Waals surface area contributed by atoms with Gasteiger partial charge in [-0.15, -0.1) is 0 Å². The Morgan fingerprint density at radius 3 is 2.88 bits per heavy atom. The zero-order chi connectivity index (χ0) is 12.8. The third kappa shape index (κ3) is 4.02. The highest BCUT2D eigenvalue weighted by Gasteiger charge is 2.12. The fourth-order valence-electron chi connectivity index (χ4n) is 1.23. The summed E-state index contributed by atoms with van der Waals surface area (Å²) in [5.41, 5.74) is 0.523. The summed E-state index contributed by atoms with van der Waals surface area (Å²) >= 11 is 3.32. The first-order valence-electron chi connectivity index (χ1n) is 5.31. The number of rotatable bonds is 5. The molecular formula is C12H16BrNO3. The molecular weight excluding hydrogens is 286 g/mol. The molecule has 1 unspecified atom stereocenters. The van der Waals surface area contributed by atoms with E-state index in [1.54, 1.807) is 25.3 Å².